The van der Waals surface area contributed by atoms with Gasteiger partial charge in [0.1, 0.15) is 5.82 Å². The van der Waals surface area contributed by atoms with Crippen molar-refractivity contribution in [3.63, 3.8) is 0 Å². The van der Waals surface area contributed by atoms with Crippen LogP contribution in [-0.2, 0) is 6.42 Å². The maximum absolute atomic E-state index is 13.9. The molecule has 2 N–H and O–H groups in total. The van der Waals surface area contributed by atoms with Crippen LogP contribution in [-0.4, -0.2) is 30.6 Å². The Hall–Kier alpha value is -0.450. The molecule has 0 amide bonds. The van der Waals surface area contributed by atoms with Crippen LogP contribution in [0.4, 0.5) is 4.39 Å². The van der Waals surface area contributed by atoms with Crippen LogP contribution in [0.25, 0.3) is 0 Å². The molecule has 112 valence electrons. The molecule has 2 rings (SSSR count). The third-order valence-corrected chi connectivity index (χ3v) is 5.24. The van der Waals surface area contributed by atoms with Gasteiger partial charge in [0.15, 0.2) is 0 Å². The fraction of sp³-hybridized carbons (Fsp3) is 0.625. The summed E-state index contributed by atoms with van der Waals surface area (Å²) in [5, 5.41) is 0. The highest BCUT2D eigenvalue weighted by molar-refractivity contribution is 9.10. The van der Waals surface area contributed by atoms with Gasteiger partial charge in [-0.05, 0) is 57.1 Å². The molecule has 1 aliphatic carbocycles. The van der Waals surface area contributed by atoms with Gasteiger partial charge in [-0.3, -0.25) is 0 Å². The van der Waals surface area contributed by atoms with Crippen molar-refractivity contribution in [2.45, 2.75) is 50.1 Å². The first-order chi connectivity index (χ1) is 9.45. The lowest BCUT2D eigenvalue weighted by Crippen LogP contribution is -2.59. The Balaban J connectivity index is 2.20. The molecule has 0 spiro atoms. The van der Waals surface area contributed by atoms with E-state index in [4.69, 9.17) is 5.73 Å². The fourth-order valence-corrected chi connectivity index (χ4v) is 3.85. The van der Waals surface area contributed by atoms with Gasteiger partial charge in [0, 0.05) is 16.1 Å². The SMILES string of the molecule is CN(C)C1(C(N)Cc2cc(Br)ccc2F)CCCCC1. The van der Waals surface area contributed by atoms with E-state index in [1.165, 1.54) is 25.3 Å². The Bertz CT molecular complexity index is 456. The van der Waals surface area contributed by atoms with E-state index in [-0.39, 0.29) is 17.4 Å². The zero-order chi connectivity index (χ0) is 14.8. The normalized spacial score (nSPS) is 20.1. The minimum Gasteiger partial charge on any atom is -0.326 e. The Morgan fingerprint density at radius 2 is 1.95 bits per heavy atom. The molecular weight excluding hydrogens is 319 g/mol. The van der Waals surface area contributed by atoms with E-state index in [0.29, 0.717) is 12.0 Å². The maximum atomic E-state index is 13.9. The molecule has 2 nitrogen and oxygen atoms in total. The van der Waals surface area contributed by atoms with Gasteiger partial charge in [-0.1, -0.05) is 35.2 Å². The Labute approximate surface area is 129 Å². The first-order valence-corrected chi connectivity index (χ1v) is 8.12. The van der Waals surface area contributed by atoms with Crippen LogP contribution in [0, 0.1) is 5.82 Å². The predicted octanol–water partition coefficient (Wildman–Crippen LogP) is 3.72. The number of halogens is 2. The number of rotatable bonds is 4. The van der Waals surface area contributed by atoms with Crippen LogP contribution in [0.5, 0.6) is 0 Å². The topological polar surface area (TPSA) is 29.3 Å². The second kappa shape index (κ2) is 6.54. The molecule has 0 heterocycles. The molecule has 0 aliphatic heterocycles. The van der Waals surface area contributed by atoms with Gasteiger partial charge < -0.3 is 10.6 Å². The van der Waals surface area contributed by atoms with Crippen LogP contribution in [0.2, 0.25) is 0 Å². The van der Waals surface area contributed by atoms with Crippen LogP contribution in [0.1, 0.15) is 37.7 Å². The molecule has 1 fully saturated rings. The van der Waals surface area contributed by atoms with Gasteiger partial charge >= 0.3 is 0 Å². The standard InChI is InChI=1S/C16H24BrFN2/c1-20(2)16(8-4-3-5-9-16)15(19)11-12-10-13(17)6-7-14(12)18/h6-7,10,15H,3-5,8-9,11,19H2,1-2H3. The number of hydrogen-bond donors (Lipinski definition) is 1. The minimum absolute atomic E-state index is 0.00695. The summed E-state index contributed by atoms with van der Waals surface area (Å²) >= 11 is 3.41. The second-order valence-electron chi connectivity index (χ2n) is 6.11. The van der Waals surface area contributed by atoms with Crippen molar-refractivity contribution in [1.82, 2.24) is 4.90 Å². The van der Waals surface area contributed by atoms with Crippen molar-refractivity contribution in [3.8, 4) is 0 Å². The molecule has 4 heteroatoms. The molecule has 0 radical (unpaired) electrons. The Morgan fingerprint density at radius 1 is 1.30 bits per heavy atom. The summed E-state index contributed by atoms with van der Waals surface area (Å²) in [6, 6.07) is 5.05. The van der Waals surface area contributed by atoms with Gasteiger partial charge in [0.05, 0.1) is 0 Å². The van der Waals surface area contributed by atoms with Crippen LogP contribution >= 0.6 is 15.9 Å². The molecule has 0 saturated heterocycles. The van der Waals surface area contributed by atoms with Crippen molar-refractivity contribution in [3.05, 3.63) is 34.1 Å². The van der Waals surface area contributed by atoms with Gasteiger partial charge in [-0.15, -0.1) is 0 Å². The fourth-order valence-electron chi connectivity index (χ4n) is 3.44. The molecule has 1 unspecified atom stereocenters. The second-order valence-corrected chi connectivity index (χ2v) is 7.02. The number of nitrogens with two attached hydrogens (primary N) is 1. The van der Waals surface area contributed by atoms with E-state index < -0.39 is 0 Å². The summed E-state index contributed by atoms with van der Waals surface area (Å²) in [6.07, 6.45) is 6.52. The molecule has 0 bridgehead atoms. The average molecular weight is 343 g/mol. The largest absolute Gasteiger partial charge is 0.326 e. The highest BCUT2D eigenvalue weighted by atomic mass is 79.9. The van der Waals surface area contributed by atoms with Crippen LogP contribution < -0.4 is 5.73 Å². The molecule has 1 aromatic carbocycles. The zero-order valence-electron chi connectivity index (χ0n) is 12.3. The van der Waals surface area contributed by atoms with Gasteiger partial charge in [0.2, 0.25) is 0 Å². The lowest BCUT2D eigenvalue weighted by molar-refractivity contribution is 0.0713. The number of benzene rings is 1. The van der Waals surface area contributed by atoms with E-state index in [0.717, 1.165) is 17.3 Å². The molecule has 0 aromatic heterocycles. The van der Waals surface area contributed by atoms with E-state index in [2.05, 4.69) is 34.9 Å². The van der Waals surface area contributed by atoms with E-state index in [1.807, 2.05) is 6.07 Å². The van der Waals surface area contributed by atoms with Gasteiger partial charge in [-0.25, -0.2) is 4.39 Å². The molecule has 1 aromatic rings. The lowest BCUT2D eigenvalue weighted by atomic mass is 9.74. The summed E-state index contributed by atoms with van der Waals surface area (Å²) in [5.41, 5.74) is 7.23. The quantitative estimate of drug-likeness (QED) is 0.903. The highest BCUT2D eigenvalue weighted by Crippen LogP contribution is 2.35. The molecular formula is C16H24BrFN2. The first-order valence-electron chi connectivity index (χ1n) is 7.32. The van der Waals surface area contributed by atoms with Crippen molar-refractivity contribution in [2.75, 3.05) is 14.1 Å². The van der Waals surface area contributed by atoms with E-state index in [9.17, 15) is 4.39 Å². The third-order valence-electron chi connectivity index (χ3n) is 4.75. The Morgan fingerprint density at radius 3 is 2.55 bits per heavy atom. The lowest BCUT2D eigenvalue weighted by Gasteiger charge is -2.47. The van der Waals surface area contributed by atoms with Gasteiger partial charge in [0.25, 0.3) is 0 Å². The summed E-state index contributed by atoms with van der Waals surface area (Å²) in [5.74, 6) is -0.159. The summed E-state index contributed by atoms with van der Waals surface area (Å²) in [4.78, 5) is 2.26. The number of likely N-dealkylation sites (N-methyl/N-ethyl adjacent to an activating group) is 1. The average Bonchev–Trinajstić information content (AvgIpc) is 2.43. The third kappa shape index (κ3) is 3.23. The smallest absolute Gasteiger partial charge is 0.126 e. The zero-order valence-corrected chi connectivity index (χ0v) is 13.9. The predicted molar refractivity (Wildman–Crippen MR) is 85.3 cm³/mol. The summed E-state index contributed by atoms with van der Waals surface area (Å²) in [6.45, 7) is 0. The number of nitrogens with zero attached hydrogens (tertiary/aromatic N) is 1. The summed E-state index contributed by atoms with van der Waals surface area (Å²) in [7, 11) is 4.20. The maximum Gasteiger partial charge on any atom is 0.126 e. The van der Waals surface area contributed by atoms with Crippen molar-refractivity contribution < 1.29 is 4.39 Å². The molecule has 1 atom stereocenters. The molecule has 20 heavy (non-hydrogen) atoms. The minimum atomic E-state index is -0.159. The monoisotopic (exact) mass is 342 g/mol. The van der Waals surface area contributed by atoms with E-state index >= 15 is 0 Å². The number of hydrogen-bond acceptors (Lipinski definition) is 2. The van der Waals surface area contributed by atoms with E-state index in [1.54, 1.807) is 6.07 Å². The molecule has 1 aliphatic rings. The first kappa shape index (κ1) is 15.9. The highest BCUT2D eigenvalue weighted by Gasteiger charge is 2.39. The van der Waals surface area contributed by atoms with Crippen molar-refractivity contribution >= 4 is 15.9 Å². The summed E-state index contributed by atoms with van der Waals surface area (Å²) < 4.78 is 14.8. The van der Waals surface area contributed by atoms with Crippen molar-refractivity contribution in [2.24, 2.45) is 5.73 Å². The van der Waals surface area contributed by atoms with Crippen molar-refractivity contribution in [1.29, 1.82) is 0 Å². The van der Waals surface area contributed by atoms with Gasteiger partial charge in [-0.2, -0.15) is 0 Å². The Kier molecular flexibility index (Phi) is 5.21. The van der Waals surface area contributed by atoms with Crippen LogP contribution in [0.15, 0.2) is 22.7 Å². The van der Waals surface area contributed by atoms with Crippen LogP contribution in [0.3, 0.4) is 0 Å². The molecule has 1 saturated carbocycles.